The zero-order valence-corrected chi connectivity index (χ0v) is 14.0. The van der Waals surface area contributed by atoms with Crippen LogP contribution in [0.5, 0.6) is 0 Å². The average molecular weight is 334 g/mol. The summed E-state index contributed by atoms with van der Waals surface area (Å²) in [5, 5.41) is 3.08. The van der Waals surface area contributed by atoms with Crippen molar-refractivity contribution in [2.24, 2.45) is 5.73 Å². The second-order valence-electron chi connectivity index (χ2n) is 5.13. The number of nitrogens with one attached hydrogen (secondary N) is 1. The number of benzene rings is 1. The first-order valence-corrected chi connectivity index (χ1v) is 7.04. The molecule has 0 saturated carbocycles. The average Bonchev–Trinajstić information content (AvgIpc) is 2.47. The van der Waals surface area contributed by atoms with Crippen LogP contribution in [0.3, 0.4) is 0 Å². The molecule has 1 fully saturated rings. The first kappa shape index (κ1) is 20.2. The fourth-order valence-corrected chi connectivity index (χ4v) is 2.56. The van der Waals surface area contributed by atoms with E-state index >= 15 is 0 Å². The summed E-state index contributed by atoms with van der Waals surface area (Å²) in [6.45, 7) is 5.26. The number of nitrogens with two attached hydrogens (primary N) is 1. The third kappa shape index (κ3) is 5.83. The number of carbonyl (C=O) groups excluding carboxylic acids is 1. The van der Waals surface area contributed by atoms with E-state index in [4.69, 9.17) is 5.73 Å². The van der Waals surface area contributed by atoms with Crippen LogP contribution in [0.4, 0.5) is 0 Å². The Bertz CT molecular complexity index is 417. The Morgan fingerprint density at radius 2 is 2.05 bits per heavy atom. The van der Waals surface area contributed by atoms with Gasteiger partial charge in [0.1, 0.15) is 6.04 Å². The maximum atomic E-state index is 12.2. The Kier molecular flexibility index (Phi) is 9.62. The summed E-state index contributed by atoms with van der Waals surface area (Å²) in [7, 11) is 0. The molecule has 1 aromatic carbocycles. The van der Waals surface area contributed by atoms with Crippen molar-refractivity contribution < 1.29 is 4.79 Å². The highest BCUT2D eigenvalue weighted by Crippen LogP contribution is 2.13. The number of halogens is 2. The molecule has 1 aromatic rings. The van der Waals surface area contributed by atoms with Gasteiger partial charge in [-0.2, -0.15) is 0 Å². The van der Waals surface area contributed by atoms with Crippen LogP contribution in [-0.2, 0) is 4.79 Å². The fraction of sp³-hybridized carbons (Fsp3) is 0.533. The zero-order chi connectivity index (χ0) is 13.7. The van der Waals surface area contributed by atoms with Gasteiger partial charge in [0.25, 0.3) is 0 Å². The van der Waals surface area contributed by atoms with Crippen LogP contribution in [0.15, 0.2) is 30.3 Å². The highest BCUT2D eigenvalue weighted by molar-refractivity contribution is 5.85. The second kappa shape index (κ2) is 10.0. The SMILES string of the molecule is CCN1CCCC(NC(=O)C(N)c2ccccc2)C1.Cl.Cl. The molecule has 1 heterocycles. The van der Waals surface area contributed by atoms with E-state index in [0.29, 0.717) is 0 Å². The molecule has 4 nitrogen and oxygen atoms in total. The van der Waals surface area contributed by atoms with Gasteiger partial charge < -0.3 is 16.0 Å². The molecule has 0 aromatic heterocycles. The molecule has 6 heteroatoms. The van der Waals surface area contributed by atoms with Gasteiger partial charge in [0.15, 0.2) is 0 Å². The third-order valence-electron chi connectivity index (χ3n) is 3.74. The number of rotatable bonds is 4. The van der Waals surface area contributed by atoms with Gasteiger partial charge in [-0.05, 0) is 31.5 Å². The van der Waals surface area contributed by atoms with Crippen LogP contribution < -0.4 is 11.1 Å². The number of hydrogen-bond acceptors (Lipinski definition) is 3. The summed E-state index contributed by atoms with van der Waals surface area (Å²) in [6, 6.07) is 9.18. The molecule has 21 heavy (non-hydrogen) atoms. The Morgan fingerprint density at radius 1 is 1.38 bits per heavy atom. The van der Waals surface area contributed by atoms with Gasteiger partial charge in [-0.3, -0.25) is 4.79 Å². The van der Waals surface area contributed by atoms with Gasteiger partial charge in [-0.1, -0.05) is 37.3 Å². The molecule has 0 spiro atoms. The standard InChI is InChI=1S/C15H23N3O.2ClH/c1-2-18-10-6-9-13(11-18)17-15(19)14(16)12-7-4-3-5-8-12;;/h3-5,7-8,13-14H,2,6,9-11,16H2,1H3,(H,17,19);2*1H. The Labute approximate surface area is 139 Å². The molecule has 120 valence electrons. The molecule has 2 atom stereocenters. The number of hydrogen-bond donors (Lipinski definition) is 2. The van der Waals surface area contributed by atoms with Crippen LogP contribution in [0.25, 0.3) is 0 Å². The highest BCUT2D eigenvalue weighted by atomic mass is 35.5. The summed E-state index contributed by atoms with van der Waals surface area (Å²) < 4.78 is 0. The number of likely N-dealkylation sites (tertiary alicyclic amines) is 1. The Balaban J connectivity index is 0.00000200. The van der Waals surface area contributed by atoms with E-state index in [1.165, 1.54) is 0 Å². The van der Waals surface area contributed by atoms with Crippen LogP contribution in [-0.4, -0.2) is 36.5 Å². The molecule has 0 radical (unpaired) electrons. The summed E-state index contributed by atoms with van der Waals surface area (Å²) in [5.41, 5.74) is 6.86. The third-order valence-corrected chi connectivity index (χ3v) is 3.74. The molecule has 1 aliphatic heterocycles. The van der Waals surface area contributed by atoms with E-state index < -0.39 is 6.04 Å². The molecule has 2 unspecified atom stereocenters. The predicted molar refractivity (Wildman–Crippen MR) is 91.1 cm³/mol. The van der Waals surface area contributed by atoms with Gasteiger partial charge in [-0.25, -0.2) is 0 Å². The number of carbonyl (C=O) groups is 1. The van der Waals surface area contributed by atoms with Crippen LogP contribution in [0.1, 0.15) is 31.4 Å². The summed E-state index contributed by atoms with van der Waals surface area (Å²) >= 11 is 0. The molecule has 2 rings (SSSR count). The maximum Gasteiger partial charge on any atom is 0.241 e. The molecule has 3 N–H and O–H groups in total. The van der Waals surface area contributed by atoms with Gasteiger partial charge in [-0.15, -0.1) is 24.8 Å². The molecule has 0 aliphatic carbocycles. The maximum absolute atomic E-state index is 12.2. The van der Waals surface area contributed by atoms with Crippen molar-refractivity contribution >= 4 is 30.7 Å². The lowest BCUT2D eigenvalue weighted by atomic mass is 10.0. The molecular weight excluding hydrogens is 309 g/mol. The van der Waals surface area contributed by atoms with Crippen molar-refractivity contribution in [3.05, 3.63) is 35.9 Å². The monoisotopic (exact) mass is 333 g/mol. The first-order chi connectivity index (χ1) is 9.20. The van der Waals surface area contributed by atoms with Crippen molar-refractivity contribution in [1.82, 2.24) is 10.2 Å². The van der Waals surface area contributed by atoms with Gasteiger partial charge >= 0.3 is 0 Å². The van der Waals surface area contributed by atoms with Crippen molar-refractivity contribution in [3.63, 3.8) is 0 Å². The van der Waals surface area contributed by atoms with E-state index in [2.05, 4.69) is 17.1 Å². The molecule has 1 amide bonds. The van der Waals surface area contributed by atoms with Crippen molar-refractivity contribution in [2.75, 3.05) is 19.6 Å². The van der Waals surface area contributed by atoms with Crippen LogP contribution in [0, 0.1) is 0 Å². The van der Waals surface area contributed by atoms with Gasteiger partial charge in [0, 0.05) is 12.6 Å². The molecule has 0 bridgehead atoms. The largest absolute Gasteiger partial charge is 0.350 e. The van der Waals surface area contributed by atoms with E-state index in [1.54, 1.807) is 0 Å². The summed E-state index contributed by atoms with van der Waals surface area (Å²) in [4.78, 5) is 14.5. The predicted octanol–water partition coefficient (Wildman–Crippen LogP) is 2.13. The molecule has 1 aliphatic rings. The van der Waals surface area contributed by atoms with E-state index in [0.717, 1.165) is 38.0 Å². The van der Waals surface area contributed by atoms with E-state index in [-0.39, 0.29) is 36.8 Å². The number of amides is 1. The quantitative estimate of drug-likeness (QED) is 0.887. The number of piperidine rings is 1. The Morgan fingerprint density at radius 3 is 2.67 bits per heavy atom. The van der Waals surface area contributed by atoms with Crippen LogP contribution >= 0.6 is 24.8 Å². The normalized spacial score (nSPS) is 19.8. The lowest BCUT2D eigenvalue weighted by Crippen LogP contribution is -2.49. The first-order valence-electron chi connectivity index (χ1n) is 7.04. The minimum absolute atomic E-state index is 0. The lowest BCUT2D eigenvalue weighted by molar-refractivity contribution is -0.123. The molecule has 1 saturated heterocycles. The number of likely N-dealkylation sites (N-methyl/N-ethyl adjacent to an activating group) is 1. The van der Waals surface area contributed by atoms with Crippen molar-refractivity contribution in [3.8, 4) is 0 Å². The van der Waals surface area contributed by atoms with E-state index in [1.807, 2.05) is 30.3 Å². The molecular formula is C15H25Cl2N3O. The Hall–Kier alpha value is -0.810. The summed E-state index contributed by atoms with van der Waals surface area (Å²) in [5.74, 6) is -0.0749. The van der Waals surface area contributed by atoms with Gasteiger partial charge in [0.2, 0.25) is 5.91 Å². The smallest absolute Gasteiger partial charge is 0.241 e. The fourth-order valence-electron chi connectivity index (χ4n) is 2.56. The highest BCUT2D eigenvalue weighted by Gasteiger charge is 2.23. The zero-order valence-electron chi connectivity index (χ0n) is 12.3. The topological polar surface area (TPSA) is 58.4 Å². The van der Waals surface area contributed by atoms with Crippen LogP contribution in [0.2, 0.25) is 0 Å². The van der Waals surface area contributed by atoms with Crippen molar-refractivity contribution in [1.29, 1.82) is 0 Å². The minimum atomic E-state index is -0.571. The summed E-state index contributed by atoms with van der Waals surface area (Å²) in [6.07, 6.45) is 2.18. The van der Waals surface area contributed by atoms with Crippen molar-refractivity contribution in [2.45, 2.75) is 31.8 Å². The lowest BCUT2D eigenvalue weighted by Gasteiger charge is -2.32. The van der Waals surface area contributed by atoms with Gasteiger partial charge in [0.05, 0.1) is 0 Å². The minimum Gasteiger partial charge on any atom is -0.350 e. The number of nitrogens with zero attached hydrogens (tertiary/aromatic N) is 1. The second-order valence-corrected chi connectivity index (χ2v) is 5.13. The van der Waals surface area contributed by atoms with E-state index in [9.17, 15) is 4.79 Å².